The van der Waals surface area contributed by atoms with Crippen LogP contribution in [0.25, 0.3) is 0 Å². The van der Waals surface area contributed by atoms with Crippen molar-refractivity contribution in [2.75, 3.05) is 19.7 Å². The summed E-state index contributed by atoms with van der Waals surface area (Å²) in [5, 5.41) is 6.06. The molecule has 0 heterocycles. The third-order valence-electron chi connectivity index (χ3n) is 5.62. The van der Waals surface area contributed by atoms with Gasteiger partial charge in [-0.05, 0) is 70.1 Å². The molecular weight excluding hydrogens is 364 g/mol. The number of rotatable bonds is 13. The Morgan fingerprint density at radius 3 is 2.24 bits per heavy atom. The van der Waals surface area contributed by atoms with E-state index in [4.69, 9.17) is 4.74 Å². The molecule has 1 saturated carbocycles. The van der Waals surface area contributed by atoms with Crippen molar-refractivity contribution in [2.45, 2.75) is 98.5 Å². The maximum absolute atomic E-state index is 12.0. The average molecular weight is 411 g/mol. The van der Waals surface area contributed by atoms with E-state index in [2.05, 4.69) is 31.4 Å². The zero-order chi connectivity index (χ0) is 21.9. The van der Waals surface area contributed by atoms with E-state index in [-0.39, 0.29) is 17.4 Å². The van der Waals surface area contributed by atoms with E-state index in [9.17, 15) is 9.59 Å². The molecule has 29 heavy (non-hydrogen) atoms. The van der Waals surface area contributed by atoms with Crippen LogP contribution < -0.4 is 10.6 Å². The van der Waals surface area contributed by atoms with Crippen LogP contribution in [-0.4, -0.2) is 37.1 Å². The van der Waals surface area contributed by atoms with Crippen LogP contribution in [0.3, 0.4) is 0 Å². The smallest absolute Gasteiger partial charge is 0.222 e. The zero-order valence-corrected chi connectivity index (χ0v) is 19.8. The van der Waals surface area contributed by atoms with Gasteiger partial charge in [0, 0.05) is 25.9 Å². The van der Waals surface area contributed by atoms with E-state index in [0.29, 0.717) is 31.3 Å². The highest BCUT2D eigenvalue weighted by atomic mass is 16.5. The monoisotopic (exact) mass is 410 g/mol. The van der Waals surface area contributed by atoms with Crippen molar-refractivity contribution in [1.29, 1.82) is 0 Å². The first kappa shape index (κ1) is 25.9. The number of carbonyl (C=O) groups excluding carboxylic acids is 2. The highest BCUT2D eigenvalue weighted by Gasteiger charge is 2.26. The predicted molar refractivity (Wildman–Crippen MR) is 120 cm³/mol. The van der Waals surface area contributed by atoms with Crippen LogP contribution in [0, 0.1) is 23.7 Å². The van der Waals surface area contributed by atoms with Gasteiger partial charge in [-0.3, -0.25) is 9.59 Å². The minimum atomic E-state index is -0.190. The summed E-state index contributed by atoms with van der Waals surface area (Å²) in [5.74, 6) is 2.85. The van der Waals surface area contributed by atoms with E-state index >= 15 is 0 Å². The lowest BCUT2D eigenvalue weighted by Crippen LogP contribution is -2.31. The standard InChI is InChI=1S/C24H46N2O3/c1-18(2)16-25-22(27)9-7-8-20-10-11-21(15-20)14-19(3)17-26-23(28)12-13-29-24(4,5)6/h18-21H,7-17H2,1-6H3,(H,25,27)(H,26,28). The summed E-state index contributed by atoms with van der Waals surface area (Å²) in [5.41, 5.74) is -0.190. The Balaban J connectivity index is 2.10. The maximum atomic E-state index is 12.0. The van der Waals surface area contributed by atoms with Gasteiger partial charge >= 0.3 is 0 Å². The summed E-state index contributed by atoms with van der Waals surface area (Å²) in [6.45, 7) is 14.5. The number of carbonyl (C=O) groups is 2. The Kier molecular flexibility index (Phi) is 11.9. The Labute approximate surface area is 179 Å². The lowest BCUT2D eigenvalue weighted by molar-refractivity contribution is -0.123. The molecule has 0 spiro atoms. The summed E-state index contributed by atoms with van der Waals surface area (Å²) < 4.78 is 5.61. The zero-order valence-electron chi connectivity index (χ0n) is 19.8. The lowest BCUT2D eigenvalue weighted by atomic mass is 9.92. The Hall–Kier alpha value is -1.10. The lowest BCUT2D eigenvalue weighted by Gasteiger charge is -2.20. The summed E-state index contributed by atoms with van der Waals surface area (Å²) in [6.07, 6.45) is 8.32. The van der Waals surface area contributed by atoms with Crippen molar-refractivity contribution in [1.82, 2.24) is 10.6 Å². The second kappa shape index (κ2) is 13.3. The van der Waals surface area contributed by atoms with Gasteiger partial charge in [-0.15, -0.1) is 0 Å². The summed E-state index contributed by atoms with van der Waals surface area (Å²) in [6, 6.07) is 0. The topological polar surface area (TPSA) is 67.4 Å². The average Bonchev–Trinajstić information content (AvgIpc) is 3.04. The summed E-state index contributed by atoms with van der Waals surface area (Å²) >= 11 is 0. The van der Waals surface area contributed by atoms with E-state index < -0.39 is 0 Å². The third kappa shape index (κ3) is 13.7. The molecule has 5 nitrogen and oxygen atoms in total. The molecule has 2 amide bonds. The van der Waals surface area contributed by atoms with Crippen molar-refractivity contribution in [2.24, 2.45) is 23.7 Å². The van der Waals surface area contributed by atoms with Gasteiger partial charge in [-0.1, -0.05) is 33.6 Å². The molecule has 170 valence electrons. The normalized spacial score (nSPS) is 20.7. The molecule has 0 saturated heterocycles. The van der Waals surface area contributed by atoms with Gasteiger partial charge in [0.25, 0.3) is 0 Å². The van der Waals surface area contributed by atoms with Crippen LogP contribution >= 0.6 is 0 Å². The van der Waals surface area contributed by atoms with Crippen molar-refractivity contribution < 1.29 is 14.3 Å². The second-order valence-corrected chi connectivity index (χ2v) is 10.5. The first-order valence-corrected chi connectivity index (χ1v) is 11.7. The van der Waals surface area contributed by atoms with Crippen LogP contribution in [-0.2, 0) is 14.3 Å². The molecule has 3 unspecified atom stereocenters. The van der Waals surface area contributed by atoms with E-state index in [0.717, 1.165) is 31.3 Å². The number of hydrogen-bond acceptors (Lipinski definition) is 3. The van der Waals surface area contributed by atoms with Gasteiger partial charge in [-0.2, -0.15) is 0 Å². The van der Waals surface area contributed by atoms with Crippen LogP contribution in [0.1, 0.15) is 92.9 Å². The molecule has 1 rings (SSSR count). The van der Waals surface area contributed by atoms with E-state index in [1.165, 1.54) is 32.1 Å². The van der Waals surface area contributed by atoms with E-state index in [1.54, 1.807) is 0 Å². The fourth-order valence-corrected chi connectivity index (χ4v) is 4.09. The molecule has 5 heteroatoms. The molecule has 2 N–H and O–H groups in total. The highest BCUT2D eigenvalue weighted by molar-refractivity contribution is 5.76. The number of amides is 2. The summed E-state index contributed by atoms with van der Waals surface area (Å²) in [4.78, 5) is 23.8. The van der Waals surface area contributed by atoms with Gasteiger partial charge in [0.1, 0.15) is 0 Å². The predicted octanol–water partition coefficient (Wildman–Crippen LogP) is 4.69. The molecule has 1 aliphatic carbocycles. The van der Waals surface area contributed by atoms with Gasteiger partial charge in [-0.25, -0.2) is 0 Å². The minimum absolute atomic E-state index is 0.0844. The summed E-state index contributed by atoms with van der Waals surface area (Å²) in [7, 11) is 0. The van der Waals surface area contributed by atoms with Crippen LogP contribution in [0.5, 0.6) is 0 Å². The number of nitrogens with one attached hydrogen (secondary N) is 2. The molecule has 1 aliphatic rings. The van der Waals surface area contributed by atoms with E-state index in [1.807, 2.05) is 20.8 Å². The van der Waals surface area contributed by atoms with Crippen LogP contribution in [0.2, 0.25) is 0 Å². The van der Waals surface area contributed by atoms with Gasteiger partial charge in [0.2, 0.25) is 11.8 Å². The largest absolute Gasteiger partial charge is 0.375 e. The van der Waals surface area contributed by atoms with Crippen LogP contribution in [0.15, 0.2) is 0 Å². The molecule has 0 aromatic heterocycles. The molecule has 1 fully saturated rings. The first-order valence-electron chi connectivity index (χ1n) is 11.7. The quantitative estimate of drug-likeness (QED) is 0.463. The van der Waals surface area contributed by atoms with Crippen molar-refractivity contribution >= 4 is 11.8 Å². The highest BCUT2D eigenvalue weighted by Crippen LogP contribution is 2.37. The van der Waals surface area contributed by atoms with Gasteiger partial charge in [0.15, 0.2) is 0 Å². The third-order valence-corrected chi connectivity index (χ3v) is 5.62. The molecule has 3 atom stereocenters. The van der Waals surface area contributed by atoms with Crippen molar-refractivity contribution in [3.63, 3.8) is 0 Å². The Bertz CT molecular complexity index is 485. The van der Waals surface area contributed by atoms with Crippen molar-refractivity contribution in [3.8, 4) is 0 Å². The molecule has 0 aromatic rings. The number of hydrogen-bond donors (Lipinski definition) is 2. The molecule has 0 aliphatic heterocycles. The SMILES string of the molecule is CC(C)CNC(=O)CCCC1CCC(CC(C)CNC(=O)CCOC(C)(C)C)C1. The minimum Gasteiger partial charge on any atom is -0.375 e. The van der Waals surface area contributed by atoms with Crippen LogP contribution in [0.4, 0.5) is 0 Å². The van der Waals surface area contributed by atoms with Crippen molar-refractivity contribution in [3.05, 3.63) is 0 Å². The molecule has 0 radical (unpaired) electrons. The van der Waals surface area contributed by atoms with Gasteiger partial charge in [0.05, 0.1) is 12.2 Å². The maximum Gasteiger partial charge on any atom is 0.222 e. The Morgan fingerprint density at radius 1 is 0.966 bits per heavy atom. The molecular formula is C24H46N2O3. The molecule has 0 bridgehead atoms. The van der Waals surface area contributed by atoms with Gasteiger partial charge < -0.3 is 15.4 Å². The molecule has 0 aromatic carbocycles. The fraction of sp³-hybridized carbons (Fsp3) is 0.917. The second-order valence-electron chi connectivity index (χ2n) is 10.5. The first-order chi connectivity index (χ1) is 13.5. The Morgan fingerprint density at radius 2 is 1.59 bits per heavy atom. The fourth-order valence-electron chi connectivity index (χ4n) is 4.09. The number of ether oxygens (including phenoxy) is 1.